The van der Waals surface area contributed by atoms with Crippen molar-refractivity contribution in [2.75, 3.05) is 22.3 Å². The van der Waals surface area contributed by atoms with Crippen molar-refractivity contribution in [3.8, 4) is 0 Å². The predicted molar refractivity (Wildman–Crippen MR) is 111 cm³/mol. The highest BCUT2D eigenvalue weighted by molar-refractivity contribution is 7.92. The lowest BCUT2D eigenvalue weighted by molar-refractivity contribution is -0.119. The summed E-state index contributed by atoms with van der Waals surface area (Å²) in [6.07, 6.45) is 2.64. The maximum atomic E-state index is 13.3. The van der Waals surface area contributed by atoms with Gasteiger partial charge in [0, 0.05) is 24.7 Å². The molecule has 0 spiro atoms. The van der Waals surface area contributed by atoms with E-state index in [-0.39, 0.29) is 16.7 Å². The Morgan fingerprint density at radius 1 is 1.11 bits per heavy atom. The van der Waals surface area contributed by atoms with Crippen LogP contribution in [-0.2, 0) is 21.2 Å². The quantitative estimate of drug-likeness (QED) is 0.769. The number of fused-ring (bicyclic) bond motifs is 1. The van der Waals surface area contributed by atoms with Crippen molar-refractivity contribution in [1.82, 2.24) is 0 Å². The van der Waals surface area contributed by atoms with Crippen molar-refractivity contribution in [2.24, 2.45) is 5.92 Å². The number of carbonyl (C=O) groups is 1. The van der Waals surface area contributed by atoms with Crippen LogP contribution in [-0.4, -0.2) is 27.4 Å². The molecule has 1 heterocycles. The van der Waals surface area contributed by atoms with Crippen LogP contribution in [0.3, 0.4) is 0 Å². The van der Waals surface area contributed by atoms with Gasteiger partial charge >= 0.3 is 0 Å². The van der Waals surface area contributed by atoms with Crippen LogP contribution in [0.2, 0.25) is 0 Å². The van der Waals surface area contributed by atoms with Gasteiger partial charge in [0.05, 0.1) is 10.6 Å². The van der Waals surface area contributed by atoms with Crippen LogP contribution in [0, 0.1) is 19.8 Å². The Labute approximate surface area is 167 Å². The molecule has 1 saturated carbocycles. The molecule has 6 heteroatoms. The van der Waals surface area contributed by atoms with Gasteiger partial charge in [-0.3, -0.25) is 9.10 Å². The van der Waals surface area contributed by atoms with Gasteiger partial charge in [0.15, 0.2) is 0 Å². The fourth-order valence-corrected chi connectivity index (χ4v) is 5.33. The Hall–Kier alpha value is -2.34. The van der Waals surface area contributed by atoms with Gasteiger partial charge in [-0.2, -0.15) is 0 Å². The third kappa shape index (κ3) is 3.20. The standard InChI is InChI=1S/C22H26N2O3S/c1-4-24(19-8-5-15(2)16(3)13-19)28(26,27)20-9-10-21-18(14-20)11-12-23(21)22(25)17-6-7-17/h5,8-10,13-14,17H,4,6-7,11-12H2,1-3H3. The van der Waals surface area contributed by atoms with Crippen LogP contribution in [0.15, 0.2) is 41.3 Å². The number of carbonyl (C=O) groups excluding carboxylic acids is 1. The molecule has 5 nitrogen and oxygen atoms in total. The first-order valence-electron chi connectivity index (χ1n) is 9.87. The van der Waals surface area contributed by atoms with Gasteiger partial charge in [0.2, 0.25) is 5.91 Å². The second kappa shape index (κ2) is 6.92. The van der Waals surface area contributed by atoms with E-state index in [1.165, 1.54) is 4.31 Å². The molecular formula is C22H26N2O3S. The molecular weight excluding hydrogens is 372 g/mol. The second-order valence-electron chi connectivity index (χ2n) is 7.74. The topological polar surface area (TPSA) is 57.7 Å². The Morgan fingerprint density at radius 3 is 2.50 bits per heavy atom. The maximum absolute atomic E-state index is 13.3. The number of hydrogen-bond acceptors (Lipinski definition) is 3. The minimum absolute atomic E-state index is 0.162. The monoisotopic (exact) mass is 398 g/mol. The highest BCUT2D eigenvalue weighted by Gasteiger charge is 2.37. The molecule has 148 valence electrons. The Bertz CT molecular complexity index is 1040. The highest BCUT2D eigenvalue weighted by atomic mass is 32.2. The summed E-state index contributed by atoms with van der Waals surface area (Å²) in [6, 6.07) is 10.9. The van der Waals surface area contributed by atoms with E-state index in [0.29, 0.717) is 25.2 Å². The summed E-state index contributed by atoms with van der Waals surface area (Å²) in [7, 11) is -3.67. The molecule has 1 amide bonds. The largest absolute Gasteiger partial charge is 0.312 e. The molecule has 0 atom stereocenters. The van der Waals surface area contributed by atoms with Crippen LogP contribution in [0.5, 0.6) is 0 Å². The van der Waals surface area contributed by atoms with Crippen LogP contribution in [0.4, 0.5) is 11.4 Å². The number of rotatable bonds is 5. The second-order valence-corrected chi connectivity index (χ2v) is 9.61. The van der Waals surface area contributed by atoms with Crippen molar-refractivity contribution in [3.63, 3.8) is 0 Å². The molecule has 2 aromatic carbocycles. The van der Waals surface area contributed by atoms with E-state index < -0.39 is 10.0 Å². The van der Waals surface area contributed by atoms with Crippen molar-refractivity contribution < 1.29 is 13.2 Å². The fraction of sp³-hybridized carbons (Fsp3) is 0.409. The summed E-state index contributed by atoms with van der Waals surface area (Å²) in [5.41, 5.74) is 4.68. The maximum Gasteiger partial charge on any atom is 0.264 e. The normalized spacial score (nSPS) is 16.2. The van der Waals surface area contributed by atoms with Crippen LogP contribution in [0.1, 0.15) is 36.5 Å². The summed E-state index contributed by atoms with van der Waals surface area (Å²) < 4.78 is 28.1. The molecule has 2 aliphatic rings. The number of sulfonamides is 1. The summed E-state index contributed by atoms with van der Waals surface area (Å²) in [5, 5.41) is 0. The summed E-state index contributed by atoms with van der Waals surface area (Å²) >= 11 is 0. The molecule has 1 aliphatic heterocycles. The van der Waals surface area contributed by atoms with Gasteiger partial charge in [-0.15, -0.1) is 0 Å². The fourth-order valence-electron chi connectivity index (χ4n) is 3.82. The van der Waals surface area contributed by atoms with Gasteiger partial charge < -0.3 is 4.90 Å². The predicted octanol–water partition coefficient (Wildman–Crippen LogP) is 3.82. The van der Waals surface area contributed by atoms with Gasteiger partial charge in [-0.1, -0.05) is 6.07 Å². The number of nitrogens with zero attached hydrogens (tertiary/aromatic N) is 2. The number of anilines is 2. The van der Waals surface area contributed by atoms with E-state index in [2.05, 4.69) is 0 Å². The first kappa shape index (κ1) is 19.0. The van der Waals surface area contributed by atoms with Gasteiger partial charge in [0.1, 0.15) is 0 Å². The van der Waals surface area contributed by atoms with E-state index in [1.807, 2.05) is 43.9 Å². The lowest BCUT2D eigenvalue weighted by atomic mass is 10.1. The molecule has 0 saturated heterocycles. The van der Waals surface area contributed by atoms with E-state index in [9.17, 15) is 13.2 Å². The molecule has 0 bridgehead atoms. The lowest BCUT2D eigenvalue weighted by Gasteiger charge is -2.24. The summed E-state index contributed by atoms with van der Waals surface area (Å²) in [6.45, 7) is 6.84. The highest BCUT2D eigenvalue weighted by Crippen LogP contribution is 2.37. The molecule has 28 heavy (non-hydrogen) atoms. The molecule has 0 unspecified atom stereocenters. The Kier molecular flexibility index (Phi) is 4.70. The van der Waals surface area contributed by atoms with E-state index >= 15 is 0 Å². The number of aryl methyl sites for hydroxylation is 2. The first-order chi connectivity index (χ1) is 13.3. The van der Waals surface area contributed by atoms with Crippen molar-refractivity contribution >= 4 is 27.3 Å². The average molecular weight is 399 g/mol. The molecule has 4 rings (SSSR count). The molecule has 2 aromatic rings. The smallest absolute Gasteiger partial charge is 0.264 e. The number of amides is 1. The van der Waals surface area contributed by atoms with Gasteiger partial charge in [-0.05, 0) is 87.1 Å². The zero-order valence-corrected chi connectivity index (χ0v) is 17.4. The first-order valence-corrected chi connectivity index (χ1v) is 11.3. The summed E-state index contributed by atoms with van der Waals surface area (Å²) in [5.74, 6) is 0.342. The van der Waals surface area contributed by atoms with Crippen molar-refractivity contribution in [3.05, 3.63) is 53.1 Å². The van der Waals surface area contributed by atoms with Crippen molar-refractivity contribution in [2.45, 2.75) is 44.9 Å². The minimum Gasteiger partial charge on any atom is -0.312 e. The third-order valence-corrected chi connectivity index (χ3v) is 7.69. The van der Waals surface area contributed by atoms with Crippen LogP contribution < -0.4 is 9.21 Å². The van der Waals surface area contributed by atoms with Gasteiger partial charge in [-0.25, -0.2) is 8.42 Å². The Balaban J connectivity index is 1.67. The zero-order chi connectivity index (χ0) is 20.1. The van der Waals surface area contributed by atoms with E-state index in [1.54, 1.807) is 18.2 Å². The van der Waals surface area contributed by atoms with Crippen LogP contribution >= 0.6 is 0 Å². The van der Waals surface area contributed by atoms with Crippen LogP contribution in [0.25, 0.3) is 0 Å². The number of hydrogen-bond donors (Lipinski definition) is 0. The SMILES string of the molecule is CCN(c1ccc(C)c(C)c1)S(=O)(=O)c1ccc2c(c1)CCN2C(=O)C1CC1. The van der Waals surface area contributed by atoms with E-state index in [0.717, 1.165) is 35.2 Å². The average Bonchev–Trinajstić information content (AvgIpc) is 3.43. The number of benzene rings is 2. The third-order valence-electron chi connectivity index (χ3n) is 5.79. The molecule has 1 aliphatic carbocycles. The Morgan fingerprint density at radius 2 is 1.86 bits per heavy atom. The van der Waals surface area contributed by atoms with Gasteiger partial charge in [0.25, 0.3) is 10.0 Å². The lowest BCUT2D eigenvalue weighted by Crippen LogP contribution is -2.31. The molecule has 1 fully saturated rings. The molecule has 0 N–H and O–H groups in total. The summed E-state index contributed by atoms with van der Waals surface area (Å²) in [4.78, 5) is 14.6. The minimum atomic E-state index is -3.67. The molecule has 0 aromatic heterocycles. The molecule has 0 radical (unpaired) electrons. The van der Waals surface area contributed by atoms with Crippen molar-refractivity contribution in [1.29, 1.82) is 0 Å². The zero-order valence-electron chi connectivity index (χ0n) is 16.6. The van der Waals surface area contributed by atoms with E-state index in [4.69, 9.17) is 0 Å².